The van der Waals surface area contributed by atoms with Crippen LogP contribution in [0.1, 0.15) is 24.0 Å². The summed E-state index contributed by atoms with van der Waals surface area (Å²) in [6.07, 6.45) is 3.28. The van der Waals surface area contributed by atoms with Gasteiger partial charge in [-0.25, -0.2) is 4.98 Å². The molecule has 0 unspecified atom stereocenters. The number of hydrogen-bond donors (Lipinski definition) is 0. The lowest BCUT2D eigenvalue weighted by atomic mass is 9.95. The molecule has 1 aliphatic rings. The van der Waals surface area contributed by atoms with Crippen LogP contribution >= 0.6 is 11.3 Å². The molecule has 1 amide bonds. The molecule has 1 fully saturated rings. The molecule has 1 saturated heterocycles. The maximum Gasteiger partial charge on any atom is 0.225 e. The summed E-state index contributed by atoms with van der Waals surface area (Å²) in [6.45, 7) is 2.32. The van der Waals surface area contributed by atoms with Crippen molar-refractivity contribution in [3.8, 4) is 6.07 Å². The smallest absolute Gasteiger partial charge is 0.225 e. The quantitative estimate of drug-likeness (QED) is 0.859. The van der Waals surface area contributed by atoms with E-state index in [1.807, 2.05) is 23.4 Å². The summed E-state index contributed by atoms with van der Waals surface area (Å²) in [4.78, 5) is 21.0. The molecule has 124 valence electrons. The molecular formula is C18H20N4OS. The van der Waals surface area contributed by atoms with Gasteiger partial charge in [0.1, 0.15) is 11.9 Å². The second kappa shape index (κ2) is 7.45. The molecule has 0 aromatic carbocycles. The molecule has 0 N–H and O–H groups in total. The number of thiophene rings is 1. The Balaban J connectivity index is 1.54. The molecule has 0 spiro atoms. The zero-order chi connectivity index (χ0) is 16.9. The van der Waals surface area contributed by atoms with Crippen molar-refractivity contribution < 1.29 is 4.79 Å². The average molecular weight is 340 g/mol. The fraction of sp³-hybridized carbons (Fsp3) is 0.389. The third kappa shape index (κ3) is 3.74. The Morgan fingerprint density at radius 3 is 2.79 bits per heavy atom. The fourth-order valence-corrected chi connectivity index (χ4v) is 3.70. The average Bonchev–Trinajstić information content (AvgIpc) is 3.14. The Labute approximate surface area is 146 Å². The first-order chi connectivity index (χ1) is 11.7. The van der Waals surface area contributed by atoms with Crippen molar-refractivity contribution in [3.05, 3.63) is 46.3 Å². The number of carbonyl (C=O) groups is 1. The van der Waals surface area contributed by atoms with Crippen molar-refractivity contribution in [2.24, 2.45) is 5.92 Å². The van der Waals surface area contributed by atoms with Gasteiger partial charge in [-0.3, -0.25) is 4.79 Å². The molecule has 2 aromatic heterocycles. The van der Waals surface area contributed by atoms with E-state index in [4.69, 9.17) is 5.26 Å². The van der Waals surface area contributed by atoms with Crippen molar-refractivity contribution in [2.45, 2.75) is 19.4 Å². The van der Waals surface area contributed by atoms with Gasteiger partial charge in [0.25, 0.3) is 0 Å². The minimum Gasteiger partial charge on any atom is -0.357 e. The van der Waals surface area contributed by atoms with E-state index in [1.165, 1.54) is 5.56 Å². The molecule has 5 nitrogen and oxygen atoms in total. The molecule has 2 aromatic rings. The first kappa shape index (κ1) is 16.5. The molecule has 6 heteroatoms. The van der Waals surface area contributed by atoms with Crippen LogP contribution in [0.15, 0.2) is 35.2 Å². The van der Waals surface area contributed by atoms with Gasteiger partial charge in [-0.15, -0.1) is 0 Å². The molecule has 0 saturated carbocycles. The SMILES string of the molecule is CN(Cc1ccsc1)C(=O)C1CCN(c2ccc(C#N)cn2)CC1. The summed E-state index contributed by atoms with van der Waals surface area (Å²) in [5.74, 6) is 1.20. The summed E-state index contributed by atoms with van der Waals surface area (Å²) in [6, 6.07) is 7.81. The Morgan fingerprint density at radius 1 is 1.42 bits per heavy atom. The number of rotatable bonds is 4. The van der Waals surface area contributed by atoms with E-state index < -0.39 is 0 Å². The van der Waals surface area contributed by atoms with Gasteiger partial charge in [-0.1, -0.05) is 0 Å². The van der Waals surface area contributed by atoms with Gasteiger partial charge in [-0.05, 0) is 47.4 Å². The summed E-state index contributed by atoms with van der Waals surface area (Å²) in [5, 5.41) is 13.0. The lowest BCUT2D eigenvalue weighted by Crippen LogP contribution is -2.41. The van der Waals surface area contributed by atoms with Gasteiger partial charge in [0, 0.05) is 38.8 Å². The normalized spacial score (nSPS) is 15.1. The predicted octanol–water partition coefficient (Wildman–Crippen LogP) is 2.89. The second-order valence-corrected chi connectivity index (χ2v) is 6.88. The highest BCUT2D eigenvalue weighted by atomic mass is 32.1. The van der Waals surface area contributed by atoms with Crippen LogP contribution in [0.5, 0.6) is 0 Å². The number of amides is 1. The minimum absolute atomic E-state index is 0.0864. The molecule has 0 aliphatic carbocycles. The first-order valence-corrected chi connectivity index (χ1v) is 8.99. The monoisotopic (exact) mass is 340 g/mol. The fourth-order valence-electron chi connectivity index (χ4n) is 3.04. The third-order valence-corrected chi connectivity index (χ3v) is 5.15. The number of hydrogen-bond acceptors (Lipinski definition) is 5. The van der Waals surface area contributed by atoms with E-state index in [2.05, 4.69) is 27.4 Å². The molecule has 1 aliphatic heterocycles. The van der Waals surface area contributed by atoms with Crippen molar-refractivity contribution in [2.75, 3.05) is 25.0 Å². The summed E-state index contributed by atoms with van der Waals surface area (Å²) in [5.41, 5.74) is 1.76. The highest BCUT2D eigenvalue weighted by Gasteiger charge is 2.27. The van der Waals surface area contributed by atoms with Crippen molar-refractivity contribution >= 4 is 23.1 Å². The number of nitrogens with zero attached hydrogens (tertiary/aromatic N) is 4. The number of piperidine rings is 1. The number of carbonyl (C=O) groups excluding carboxylic acids is 1. The molecule has 0 bridgehead atoms. The number of pyridine rings is 1. The van der Waals surface area contributed by atoms with E-state index in [0.717, 1.165) is 31.7 Å². The highest BCUT2D eigenvalue weighted by Crippen LogP contribution is 2.24. The zero-order valence-electron chi connectivity index (χ0n) is 13.7. The number of aromatic nitrogens is 1. The van der Waals surface area contributed by atoms with Gasteiger partial charge in [-0.2, -0.15) is 16.6 Å². The molecule has 3 rings (SSSR count). The summed E-state index contributed by atoms with van der Waals surface area (Å²) >= 11 is 1.66. The van der Waals surface area contributed by atoms with Crippen LogP contribution < -0.4 is 4.90 Å². The van der Waals surface area contributed by atoms with Crippen LogP contribution in [-0.2, 0) is 11.3 Å². The largest absolute Gasteiger partial charge is 0.357 e. The van der Waals surface area contributed by atoms with Gasteiger partial charge in [0.05, 0.1) is 5.56 Å². The molecule has 3 heterocycles. The maximum atomic E-state index is 12.6. The van der Waals surface area contributed by atoms with Crippen LogP contribution in [0.25, 0.3) is 0 Å². The highest BCUT2D eigenvalue weighted by molar-refractivity contribution is 7.07. The number of anilines is 1. The summed E-state index contributed by atoms with van der Waals surface area (Å²) < 4.78 is 0. The minimum atomic E-state index is 0.0864. The predicted molar refractivity (Wildman–Crippen MR) is 94.7 cm³/mol. The van der Waals surface area contributed by atoms with Crippen molar-refractivity contribution in [1.82, 2.24) is 9.88 Å². The van der Waals surface area contributed by atoms with E-state index in [0.29, 0.717) is 12.1 Å². The molecule has 0 atom stereocenters. The first-order valence-electron chi connectivity index (χ1n) is 8.04. The Bertz CT molecular complexity index is 712. The van der Waals surface area contributed by atoms with E-state index >= 15 is 0 Å². The van der Waals surface area contributed by atoms with Crippen LogP contribution in [-0.4, -0.2) is 35.9 Å². The summed E-state index contributed by atoms with van der Waals surface area (Å²) in [7, 11) is 1.88. The van der Waals surface area contributed by atoms with Gasteiger partial charge >= 0.3 is 0 Å². The van der Waals surface area contributed by atoms with E-state index in [1.54, 1.807) is 23.6 Å². The van der Waals surface area contributed by atoms with Gasteiger partial charge in [0.2, 0.25) is 5.91 Å². The van der Waals surface area contributed by atoms with Crippen molar-refractivity contribution in [1.29, 1.82) is 5.26 Å². The molecule has 24 heavy (non-hydrogen) atoms. The number of nitriles is 1. The van der Waals surface area contributed by atoms with Gasteiger partial charge < -0.3 is 9.80 Å². The van der Waals surface area contributed by atoms with E-state index in [9.17, 15) is 4.79 Å². The van der Waals surface area contributed by atoms with Gasteiger partial charge in [0.15, 0.2) is 0 Å². The molecular weight excluding hydrogens is 320 g/mol. The lowest BCUT2D eigenvalue weighted by molar-refractivity contribution is -0.135. The maximum absolute atomic E-state index is 12.6. The van der Waals surface area contributed by atoms with Crippen LogP contribution in [0, 0.1) is 17.2 Å². The topological polar surface area (TPSA) is 60.2 Å². The van der Waals surface area contributed by atoms with E-state index in [-0.39, 0.29) is 11.8 Å². The third-order valence-electron chi connectivity index (χ3n) is 4.42. The zero-order valence-corrected chi connectivity index (χ0v) is 14.5. The van der Waals surface area contributed by atoms with Crippen molar-refractivity contribution in [3.63, 3.8) is 0 Å². The van der Waals surface area contributed by atoms with Crippen LogP contribution in [0.2, 0.25) is 0 Å². The Kier molecular flexibility index (Phi) is 5.11. The standard InChI is InChI=1S/C18H20N4OS/c1-21(12-15-6-9-24-13-15)18(23)16-4-7-22(8-5-16)17-3-2-14(10-19)11-20-17/h2-3,6,9,11,13,16H,4-5,7-8,12H2,1H3. The Hall–Kier alpha value is -2.39. The van der Waals surface area contributed by atoms with Crippen LogP contribution in [0.3, 0.4) is 0 Å². The lowest BCUT2D eigenvalue weighted by Gasteiger charge is -2.33. The van der Waals surface area contributed by atoms with Crippen LogP contribution in [0.4, 0.5) is 5.82 Å². The molecule has 0 radical (unpaired) electrons. The Morgan fingerprint density at radius 2 is 2.21 bits per heavy atom. The second-order valence-electron chi connectivity index (χ2n) is 6.10.